The summed E-state index contributed by atoms with van der Waals surface area (Å²) in [5, 5.41) is 0. The molecule has 1 aromatic carbocycles. The molecule has 0 aliphatic carbocycles. The first-order valence-corrected chi connectivity index (χ1v) is 5.56. The Balaban J connectivity index is 2.33. The lowest BCUT2D eigenvalue weighted by Crippen LogP contribution is -2.02. The summed E-state index contributed by atoms with van der Waals surface area (Å²) in [5.41, 5.74) is 8.30. The summed E-state index contributed by atoms with van der Waals surface area (Å²) >= 11 is 0. The van der Waals surface area contributed by atoms with Crippen molar-refractivity contribution in [3.05, 3.63) is 48.2 Å². The van der Waals surface area contributed by atoms with E-state index in [0.29, 0.717) is 6.54 Å². The van der Waals surface area contributed by atoms with Crippen molar-refractivity contribution in [2.24, 2.45) is 5.73 Å². The fraction of sp³-hybridized carbons (Fsp3) is 0.231. The van der Waals surface area contributed by atoms with Crippen molar-refractivity contribution in [2.45, 2.75) is 12.8 Å². The van der Waals surface area contributed by atoms with E-state index in [4.69, 9.17) is 5.73 Å². The van der Waals surface area contributed by atoms with Gasteiger partial charge in [0.2, 0.25) is 0 Å². The van der Waals surface area contributed by atoms with Crippen LogP contribution in [0.25, 0.3) is 11.3 Å². The maximum atomic E-state index is 12.9. The van der Waals surface area contributed by atoms with Crippen LogP contribution in [0.2, 0.25) is 0 Å². The van der Waals surface area contributed by atoms with Crippen LogP contribution in [0.5, 0.6) is 0 Å². The van der Waals surface area contributed by atoms with Gasteiger partial charge in [0.25, 0.3) is 0 Å². The second-order valence-electron chi connectivity index (χ2n) is 3.80. The minimum atomic E-state index is -0.244. The first-order chi connectivity index (χ1) is 8.31. The molecule has 2 N–H and O–H groups in total. The van der Waals surface area contributed by atoms with Crippen LogP contribution < -0.4 is 5.73 Å². The molecule has 0 aliphatic heterocycles. The van der Waals surface area contributed by atoms with Gasteiger partial charge in [-0.25, -0.2) is 14.4 Å². The van der Waals surface area contributed by atoms with E-state index < -0.39 is 0 Å². The molecule has 1 aromatic heterocycles. The van der Waals surface area contributed by atoms with E-state index in [1.54, 1.807) is 18.3 Å². The van der Waals surface area contributed by atoms with E-state index in [1.807, 2.05) is 0 Å². The van der Waals surface area contributed by atoms with Crippen LogP contribution in [-0.2, 0) is 6.42 Å². The Bertz CT molecular complexity index is 482. The predicted octanol–water partition coefficient (Wildman–Crippen LogP) is 2.17. The molecule has 0 aliphatic rings. The Morgan fingerprint density at radius 1 is 1.18 bits per heavy atom. The highest BCUT2D eigenvalue weighted by Gasteiger charge is 2.06. The number of hydrogen-bond acceptors (Lipinski definition) is 3. The summed E-state index contributed by atoms with van der Waals surface area (Å²) in [4.78, 5) is 8.27. The summed E-state index contributed by atoms with van der Waals surface area (Å²) < 4.78 is 12.9. The van der Waals surface area contributed by atoms with Gasteiger partial charge in [-0.1, -0.05) is 0 Å². The van der Waals surface area contributed by atoms with Crippen LogP contribution in [0.4, 0.5) is 4.39 Å². The molecule has 0 radical (unpaired) electrons. The number of hydrogen-bond donors (Lipinski definition) is 1. The molecule has 0 saturated carbocycles. The highest BCUT2D eigenvalue weighted by atomic mass is 19.1. The zero-order valence-electron chi connectivity index (χ0n) is 9.44. The third-order valence-electron chi connectivity index (χ3n) is 2.56. The Hall–Kier alpha value is -1.81. The molecule has 0 spiro atoms. The van der Waals surface area contributed by atoms with Gasteiger partial charge >= 0.3 is 0 Å². The molecule has 2 aromatic rings. The summed E-state index contributed by atoms with van der Waals surface area (Å²) in [6.07, 6.45) is 5.03. The van der Waals surface area contributed by atoms with E-state index in [0.717, 1.165) is 29.7 Å². The van der Waals surface area contributed by atoms with E-state index >= 15 is 0 Å². The number of rotatable bonds is 4. The van der Waals surface area contributed by atoms with Crippen LogP contribution in [0, 0.1) is 5.82 Å². The van der Waals surface area contributed by atoms with Crippen molar-refractivity contribution in [1.29, 1.82) is 0 Å². The van der Waals surface area contributed by atoms with Gasteiger partial charge in [-0.2, -0.15) is 0 Å². The molecule has 3 nitrogen and oxygen atoms in total. The number of aryl methyl sites for hydroxylation is 1. The quantitative estimate of drug-likeness (QED) is 0.877. The van der Waals surface area contributed by atoms with Crippen molar-refractivity contribution in [3.8, 4) is 11.3 Å². The van der Waals surface area contributed by atoms with Gasteiger partial charge in [-0.3, -0.25) is 0 Å². The molecular formula is C13H14FN3. The van der Waals surface area contributed by atoms with Crippen molar-refractivity contribution in [1.82, 2.24) is 9.97 Å². The summed E-state index contributed by atoms with van der Waals surface area (Å²) in [6, 6.07) is 6.32. The van der Waals surface area contributed by atoms with Gasteiger partial charge in [-0.05, 0) is 49.2 Å². The lowest BCUT2D eigenvalue weighted by molar-refractivity contribution is 0.628. The number of halogens is 1. The van der Waals surface area contributed by atoms with Crippen molar-refractivity contribution in [2.75, 3.05) is 6.54 Å². The van der Waals surface area contributed by atoms with Crippen LogP contribution in [0.3, 0.4) is 0 Å². The van der Waals surface area contributed by atoms with Gasteiger partial charge in [0.1, 0.15) is 12.1 Å². The molecule has 2 rings (SSSR count). The average Bonchev–Trinajstić information content (AvgIpc) is 2.38. The minimum absolute atomic E-state index is 0.244. The maximum absolute atomic E-state index is 12.9. The fourth-order valence-corrected chi connectivity index (χ4v) is 1.70. The molecule has 17 heavy (non-hydrogen) atoms. The average molecular weight is 231 g/mol. The summed E-state index contributed by atoms with van der Waals surface area (Å²) in [7, 11) is 0. The van der Waals surface area contributed by atoms with Gasteiger partial charge in [0.05, 0.1) is 5.69 Å². The first kappa shape index (κ1) is 11.7. The standard InChI is InChI=1S/C13H14FN3/c14-12-5-3-10(4-6-12)13-11(2-1-7-15)8-16-9-17-13/h3-6,8-9H,1-2,7,15H2. The number of benzene rings is 1. The van der Waals surface area contributed by atoms with Gasteiger partial charge in [0.15, 0.2) is 0 Å². The zero-order valence-corrected chi connectivity index (χ0v) is 9.44. The molecule has 0 fully saturated rings. The van der Waals surface area contributed by atoms with Crippen molar-refractivity contribution < 1.29 is 4.39 Å². The highest BCUT2D eigenvalue weighted by Crippen LogP contribution is 2.21. The Morgan fingerprint density at radius 3 is 2.65 bits per heavy atom. The van der Waals surface area contributed by atoms with Crippen LogP contribution >= 0.6 is 0 Å². The van der Waals surface area contributed by atoms with E-state index in [-0.39, 0.29) is 5.82 Å². The fourth-order valence-electron chi connectivity index (χ4n) is 1.70. The topological polar surface area (TPSA) is 51.8 Å². The minimum Gasteiger partial charge on any atom is -0.330 e. The zero-order chi connectivity index (χ0) is 12.1. The third-order valence-corrected chi connectivity index (χ3v) is 2.56. The van der Waals surface area contributed by atoms with E-state index in [1.165, 1.54) is 18.5 Å². The third kappa shape index (κ3) is 2.85. The molecule has 1 heterocycles. The first-order valence-electron chi connectivity index (χ1n) is 5.56. The Labute approximate surface area is 99.5 Å². The lowest BCUT2D eigenvalue weighted by atomic mass is 10.0. The molecule has 0 unspecified atom stereocenters. The molecule has 88 valence electrons. The van der Waals surface area contributed by atoms with Crippen molar-refractivity contribution >= 4 is 0 Å². The monoisotopic (exact) mass is 231 g/mol. The van der Waals surface area contributed by atoms with Crippen LogP contribution in [0.1, 0.15) is 12.0 Å². The Kier molecular flexibility index (Phi) is 3.77. The second kappa shape index (κ2) is 5.50. The molecular weight excluding hydrogens is 217 g/mol. The number of nitrogens with two attached hydrogens (primary N) is 1. The summed E-state index contributed by atoms with van der Waals surface area (Å²) in [5.74, 6) is -0.244. The van der Waals surface area contributed by atoms with Crippen LogP contribution in [-0.4, -0.2) is 16.5 Å². The molecule has 0 bridgehead atoms. The normalized spacial score (nSPS) is 10.5. The molecule has 0 saturated heterocycles. The molecule has 0 atom stereocenters. The maximum Gasteiger partial charge on any atom is 0.123 e. The Morgan fingerprint density at radius 2 is 1.94 bits per heavy atom. The number of nitrogens with zero attached hydrogens (tertiary/aromatic N) is 2. The van der Waals surface area contributed by atoms with Gasteiger partial charge in [-0.15, -0.1) is 0 Å². The van der Waals surface area contributed by atoms with Crippen LogP contribution in [0.15, 0.2) is 36.8 Å². The lowest BCUT2D eigenvalue weighted by Gasteiger charge is -2.07. The SMILES string of the molecule is NCCCc1cncnc1-c1ccc(F)cc1. The number of aromatic nitrogens is 2. The smallest absolute Gasteiger partial charge is 0.123 e. The highest BCUT2D eigenvalue weighted by molar-refractivity contribution is 5.62. The van der Waals surface area contributed by atoms with Gasteiger partial charge < -0.3 is 5.73 Å². The van der Waals surface area contributed by atoms with E-state index in [2.05, 4.69) is 9.97 Å². The van der Waals surface area contributed by atoms with E-state index in [9.17, 15) is 4.39 Å². The summed E-state index contributed by atoms with van der Waals surface area (Å²) in [6.45, 7) is 0.637. The predicted molar refractivity (Wildman–Crippen MR) is 64.8 cm³/mol. The second-order valence-corrected chi connectivity index (χ2v) is 3.80. The largest absolute Gasteiger partial charge is 0.330 e. The molecule has 4 heteroatoms. The van der Waals surface area contributed by atoms with Gasteiger partial charge in [0, 0.05) is 11.8 Å². The van der Waals surface area contributed by atoms with Crippen molar-refractivity contribution in [3.63, 3.8) is 0 Å². The molecule has 0 amide bonds.